The molecule has 0 fully saturated rings. The van der Waals surface area contributed by atoms with Gasteiger partial charge in [-0.15, -0.1) is 0 Å². The highest BCUT2D eigenvalue weighted by atomic mass is 19.4. The van der Waals surface area contributed by atoms with Crippen molar-refractivity contribution in [2.75, 3.05) is 0 Å². The Bertz CT molecular complexity index is 448. The third kappa shape index (κ3) is 3.22. The van der Waals surface area contributed by atoms with Crippen molar-refractivity contribution in [1.29, 1.82) is 0 Å². The highest BCUT2D eigenvalue weighted by Crippen LogP contribution is 2.37. The summed E-state index contributed by atoms with van der Waals surface area (Å²) < 4.78 is 37.8. The second-order valence-electron chi connectivity index (χ2n) is 5.04. The summed E-state index contributed by atoms with van der Waals surface area (Å²) in [4.78, 5) is 12.3. The topological polar surface area (TPSA) is 17.1 Å². The van der Waals surface area contributed by atoms with Crippen LogP contribution in [0.15, 0.2) is 24.3 Å². The SMILES string of the molecule is CCCC(CC)(C(=O)CC)c1ccc(C(F)(F)F)cc1. The van der Waals surface area contributed by atoms with Gasteiger partial charge in [-0.25, -0.2) is 0 Å². The van der Waals surface area contributed by atoms with Crippen molar-refractivity contribution >= 4 is 5.78 Å². The van der Waals surface area contributed by atoms with E-state index in [2.05, 4.69) is 0 Å². The van der Waals surface area contributed by atoms with E-state index in [4.69, 9.17) is 0 Å². The van der Waals surface area contributed by atoms with Crippen LogP contribution in [0.25, 0.3) is 0 Å². The van der Waals surface area contributed by atoms with E-state index in [0.717, 1.165) is 18.6 Å². The van der Waals surface area contributed by atoms with Gasteiger partial charge in [0.05, 0.1) is 11.0 Å². The van der Waals surface area contributed by atoms with E-state index in [1.165, 1.54) is 12.1 Å². The molecule has 0 bridgehead atoms. The molecule has 1 aromatic rings. The van der Waals surface area contributed by atoms with Crippen molar-refractivity contribution < 1.29 is 18.0 Å². The molecule has 1 nitrogen and oxygen atoms in total. The van der Waals surface area contributed by atoms with Gasteiger partial charge in [0.25, 0.3) is 0 Å². The van der Waals surface area contributed by atoms with Gasteiger partial charge >= 0.3 is 6.18 Å². The Morgan fingerprint density at radius 1 is 1.00 bits per heavy atom. The summed E-state index contributed by atoms with van der Waals surface area (Å²) in [5, 5.41) is 0. The van der Waals surface area contributed by atoms with E-state index in [1.54, 1.807) is 6.92 Å². The lowest BCUT2D eigenvalue weighted by atomic mass is 9.70. The first-order valence-corrected chi connectivity index (χ1v) is 7.02. The summed E-state index contributed by atoms with van der Waals surface area (Å²) in [6, 6.07) is 5.04. The molecular formula is C16H21F3O. The number of Topliss-reactive ketones (excluding diaryl/α,β-unsaturated/α-hetero) is 1. The Labute approximate surface area is 118 Å². The van der Waals surface area contributed by atoms with Crippen LogP contribution in [0.4, 0.5) is 13.2 Å². The van der Waals surface area contributed by atoms with E-state index >= 15 is 0 Å². The molecule has 0 aliphatic rings. The van der Waals surface area contributed by atoms with Crippen LogP contribution >= 0.6 is 0 Å². The number of hydrogen-bond donors (Lipinski definition) is 0. The number of carbonyl (C=O) groups is 1. The van der Waals surface area contributed by atoms with Gasteiger partial charge in [-0.05, 0) is 30.5 Å². The van der Waals surface area contributed by atoms with Crippen LogP contribution in [0.5, 0.6) is 0 Å². The van der Waals surface area contributed by atoms with E-state index < -0.39 is 17.2 Å². The maximum absolute atomic E-state index is 12.6. The van der Waals surface area contributed by atoms with Crippen molar-refractivity contribution in [3.8, 4) is 0 Å². The summed E-state index contributed by atoms with van der Waals surface area (Å²) in [5.74, 6) is 0.0987. The maximum Gasteiger partial charge on any atom is 0.416 e. The van der Waals surface area contributed by atoms with Crippen LogP contribution in [-0.2, 0) is 16.4 Å². The standard InChI is InChI=1S/C16H21F3O/c1-4-11-15(6-3,14(20)5-2)12-7-9-13(10-8-12)16(17,18)19/h7-10H,4-6,11H2,1-3H3. The lowest BCUT2D eigenvalue weighted by molar-refractivity contribution is -0.137. The molecule has 0 radical (unpaired) electrons. The quantitative estimate of drug-likeness (QED) is 0.708. The molecule has 4 heteroatoms. The smallest absolute Gasteiger partial charge is 0.299 e. The first-order valence-electron chi connectivity index (χ1n) is 7.02. The molecule has 1 aromatic carbocycles. The van der Waals surface area contributed by atoms with Crippen molar-refractivity contribution in [1.82, 2.24) is 0 Å². The largest absolute Gasteiger partial charge is 0.416 e. The van der Waals surface area contributed by atoms with E-state index in [9.17, 15) is 18.0 Å². The van der Waals surface area contributed by atoms with Gasteiger partial charge < -0.3 is 0 Å². The van der Waals surface area contributed by atoms with E-state index in [1.807, 2.05) is 13.8 Å². The lowest BCUT2D eigenvalue weighted by Crippen LogP contribution is -2.35. The number of ketones is 1. The minimum Gasteiger partial charge on any atom is -0.299 e. The summed E-state index contributed by atoms with van der Waals surface area (Å²) in [7, 11) is 0. The van der Waals surface area contributed by atoms with Gasteiger partial charge in [0.2, 0.25) is 0 Å². The zero-order valence-electron chi connectivity index (χ0n) is 12.2. The van der Waals surface area contributed by atoms with Crippen LogP contribution in [0, 0.1) is 0 Å². The van der Waals surface area contributed by atoms with Gasteiger partial charge in [0.1, 0.15) is 5.78 Å². The monoisotopic (exact) mass is 286 g/mol. The van der Waals surface area contributed by atoms with Gasteiger partial charge in [0, 0.05) is 6.42 Å². The Morgan fingerprint density at radius 2 is 1.50 bits per heavy atom. The summed E-state index contributed by atoms with van der Waals surface area (Å²) in [6.07, 6.45) is -1.84. The van der Waals surface area contributed by atoms with Crippen LogP contribution in [-0.4, -0.2) is 5.78 Å². The molecule has 0 N–H and O–H groups in total. The van der Waals surface area contributed by atoms with E-state index in [-0.39, 0.29) is 5.78 Å². The predicted octanol–water partition coefficient (Wildman–Crippen LogP) is 5.13. The molecule has 1 atom stereocenters. The fourth-order valence-electron chi connectivity index (χ4n) is 2.77. The molecule has 20 heavy (non-hydrogen) atoms. The second-order valence-corrected chi connectivity index (χ2v) is 5.04. The molecular weight excluding hydrogens is 265 g/mol. The van der Waals surface area contributed by atoms with Gasteiger partial charge in [-0.2, -0.15) is 13.2 Å². The number of alkyl halides is 3. The van der Waals surface area contributed by atoms with Crippen LogP contribution in [0.1, 0.15) is 57.6 Å². The second kappa shape index (κ2) is 6.42. The van der Waals surface area contributed by atoms with Crippen molar-refractivity contribution in [3.63, 3.8) is 0 Å². The molecule has 0 spiro atoms. The molecule has 0 heterocycles. The van der Waals surface area contributed by atoms with Gasteiger partial charge in [-0.3, -0.25) is 4.79 Å². The number of halogens is 3. The molecule has 0 aliphatic carbocycles. The third-order valence-electron chi connectivity index (χ3n) is 3.90. The molecule has 0 amide bonds. The number of carbonyl (C=O) groups excluding carboxylic acids is 1. The van der Waals surface area contributed by atoms with Crippen molar-refractivity contribution in [3.05, 3.63) is 35.4 Å². The molecule has 0 aliphatic heterocycles. The Balaban J connectivity index is 3.25. The maximum atomic E-state index is 12.6. The number of hydrogen-bond acceptors (Lipinski definition) is 1. The fourth-order valence-corrected chi connectivity index (χ4v) is 2.77. The number of benzene rings is 1. The minimum absolute atomic E-state index is 0.0987. The lowest BCUT2D eigenvalue weighted by Gasteiger charge is -2.31. The Hall–Kier alpha value is -1.32. The average Bonchev–Trinajstić information content (AvgIpc) is 2.43. The normalized spacial score (nSPS) is 14.9. The van der Waals surface area contributed by atoms with Crippen LogP contribution < -0.4 is 0 Å². The molecule has 0 saturated heterocycles. The minimum atomic E-state index is -4.34. The van der Waals surface area contributed by atoms with Crippen LogP contribution in [0.3, 0.4) is 0 Å². The average molecular weight is 286 g/mol. The molecule has 1 unspecified atom stereocenters. The molecule has 0 saturated carbocycles. The van der Waals surface area contributed by atoms with Crippen LogP contribution in [0.2, 0.25) is 0 Å². The van der Waals surface area contributed by atoms with Gasteiger partial charge in [0.15, 0.2) is 0 Å². The Morgan fingerprint density at radius 3 is 1.85 bits per heavy atom. The third-order valence-corrected chi connectivity index (χ3v) is 3.90. The zero-order valence-corrected chi connectivity index (χ0v) is 12.2. The van der Waals surface area contributed by atoms with Crippen molar-refractivity contribution in [2.45, 2.75) is 58.0 Å². The first kappa shape index (κ1) is 16.7. The summed E-state index contributed by atoms with van der Waals surface area (Å²) >= 11 is 0. The Kier molecular flexibility index (Phi) is 5.37. The van der Waals surface area contributed by atoms with E-state index in [0.29, 0.717) is 24.8 Å². The summed E-state index contributed by atoms with van der Waals surface area (Å²) in [5.41, 5.74) is -0.624. The zero-order chi connectivity index (χ0) is 15.4. The van der Waals surface area contributed by atoms with Crippen molar-refractivity contribution in [2.24, 2.45) is 0 Å². The van der Waals surface area contributed by atoms with Gasteiger partial charge in [-0.1, -0.05) is 39.3 Å². The molecule has 0 aromatic heterocycles. The molecule has 112 valence electrons. The highest BCUT2D eigenvalue weighted by molar-refractivity contribution is 5.89. The summed E-state index contributed by atoms with van der Waals surface area (Å²) in [6.45, 7) is 5.70. The fraction of sp³-hybridized carbons (Fsp3) is 0.562. The first-order chi connectivity index (χ1) is 9.31. The predicted molar refractivity (Wildman–Crippen MR) is 73.6 cm³/mol. The number of rotatable bonds is 6. The highest BCUT2D eigenvalue weighted by Gasteiger charge is 2.37. The molecule has 1 rings (SSSR count).